The lowest BCUT2D eigenvalue weighted by Crippen LogP contribution is -2.29. The monoisotopic (exact) mass is 284 g/mol. The van der Waals surface area contributed by atoms with Gasteiger partial charge in [-0.05, 0) is 25.8 Å². The van der Waals surface area contributed by atoms with Gasteiger partial charge in [0, 0.05) is 11.4 Å². The van der Waals surface area contributed by atoms with Gasteiger partial charge in [-0.2, -0.15) is 0 Å². The average Bonchev–Trinajstić information content (AvgIpc) is 2.79. The molecule has 1 aromatic heterocycles. The second-order valence-electron chi connectivity index (χ2n) is 3.91. The summed E-state index contributed by atoms with van der Waals surface area (Å²) in [6.45, 7) is 6.66. The van der Waals surface area contributed by atoms with Crippen LogP contribution in [0.25, 0.3) is 0 Å². The van der Waals surface area contributed by atoms with Gasteiger partial charge in [0.15, 0.2) is 0 Å². The number of hydrogen-bond acceptors (Lipinski definition) is 4. The zero-order chi connectivity index (χ0) is 14.3. The van der Waals surface area contributed by atoms with Gasteiger partial charge in [0.1, 0.15) is 5.00 Å². The standard InChI is InChI=1S/C13H20N2O3S/c1-4-7-14-13(17)15-11-10(12(16)18-6-3)8-9(5-2)19-11/h8H,4-7H2,1-3H3,(H2,14,15,17). The van der Waals surface area contributed by atoms with E-state index in [9.17, 15) is 9.59 Å². The Kier molecular flexibility index (Phi) is 6.35. The Hall–Kier alpha value is -1.56. The SMILES string of the molecule is CCCNC(=O)Nc1sc(CC)cc1C(=O)OCC. The van der Waals surface area contributed by atoms with Crippen LogP contribution in [0.15, 0.2) is 6.07 Å². The molecule has 0 aliphatic carbocycles. The summed E-state index contributed by atoms with van der Waals surface area (Å²) in [5, 5.41) is 5.96. The first-order chi connectivity index (χ1) is 9.12. The van der Waals surface area contributed by atoms with Crippen molar-refractivity contribution in [2.45, 2.75) is 33.6 Å². The number of ether oxygens (including phenoxy) is 1. The third kappa shape index (κ3) is 4.55. The molecule has 106 valence electrons. The highest BCUT2D eigenvalue weighted by Gasteiger charge is 2.18. The molecule has 0 saturated heterocycles. The Bertz CT molecular complexity index is 443. The smallest absolute Gasteiger partial charge is 0.341 e. The molecular formula is C13H20N2O3S. The van der Waals surface area contributed by atoms with Crippen molar-refractivity contribution in [3.8, 4) is 0 Å². The van der Waals surface area contributed by atoms with Gasteiger partial charge in [0.2, 0.25) is 0 Å². The minimum atomic E-state index is -0.399. The second-order valence-corrected chi connectivity index (χ2v) is 5.05. The molecule has 0 saturated carbocycles. The van der Waals surface area contributed by atoms with Crippen molar-refractivity contribution in [1.82, 2.24) is 5.32 Å². The number of hydrogen-bond donors (Lipinski definition) is 2. The minimum Gasteiger partial charge on any atom is -0.462 e. The number of carbonyl (C=O) groups excluding carboxylic acids is 2. The highest BCUT2D eigenvalue weighted by atomic mass is 32.1. The number of aryl methyl sites for hydroxylation is 1. The van der Waals surface area contributed by atoms with Crippen LogP contribution in [0.5, 0.6) is 0 Å². The zero-order valence-corrected chi connectivity index (χ0v) is 12.4. The van der Waals surface area contributed by atoms with E-state index in [2.05, 4.69) is 10.6 Å². The molecule has 0 aromatic carbocycles. The Morgan fingerprint density at radius 2 is 2.05 bits per heavy atom. The van der Waals surface area contributed by atoms with Crippen molar-refractivity contribution in [3.63, 3.8) is 0 Å². The van der Waals surface area contributed by atoms with E-state index in [4.69, 9.17) is 4.74 Å². The number of carbonyl (C=O) groups is 2. The molecule has 19 heavy (non-hydrogen) atoms. The minimum absolute atomic E-state index is 0.295. The molecule has 6 heteroatoms. The van der Waals surface area contributed by atoms with Crippen LogP contribution in [0.4, 0.5) is 9.80 Å². The average molecular weight is 284 g/mol. The number of thiophene rings is 1. The fraction of sp³-hybridized carbons (Fsp3) is 0.538. The van der Waals surface area contributed by atoms with E-state index in [0.717, 1.165) is 17.7 Å². The molecule has 2 N–H and O–H groups in total. The lowest BCUT2D eigenvalue weighted by molar-refractivity contribution is 0.0528. The van der Waals surface area contributed by atoms with Gasteiger partial charge in [-0.3, -0.25) is 5.32 Å². The fourth-order valence-corrected chi connectivity index (χ4v) is 2.43. The number of nitrogens with one attached hydrogen (secondary N) is 2. The quantitative estimate of drug-likeness (QED) is 0.789. The summed E-state index contributed by atoms with van der Waals surface area (Å²) in [7, 11) is 0. The molecule has 0 fully saturated rings. The maximum absolute atomic E-state index is 11.8. The predicted octanol–water partition coefficient (Wildman–Crippen LogP) is 3.02. The summed E-state index contributed by atoms with van der Waals surface area (Å²) >= 11 is 1.40. The molecule has 1 heterocycles. The van der Waals surface area contributed by atoms with Crippen LogP contribution in [-0.2, 0) is 11.2 Å². The van der Waals surface area contributed by atoms with Gasteiger partial charge in [-0.25, -0.2) is 9.59 Å². The highest BCUT2D eigenvalue weighted by molar-refractivity contribution is 7.16. The molecule has 0 radical (unpaired) electrons. The van der Waals surface area contributed by atoms with E-state index in [1.807, 2.05) is 13.8 Å². The largest absolute Gasteiger partial charge is 0.462 e. The maximum Gasteiger partial charge on any atom is 0.341 e. The summed E-state index contributed by atoms with van der Waals surface area (Å²) < 4.78 is 4.99. The van der Waals surface area contributed by atoms with Gasteiger partial charge in [-0.1, -0.05) is 13.8 Å². The van der Waals surface area contributed by atoms with Crippen LogP contribution >= 0.6 is 11.3 Å². The van der Waals surface area contributed by atoms with Crippen LogP contribution in [-0.4, -0.2) is 25.2 Å². The van der Waals surface area contributed by atoms with Gasteiger partial charge >= 0.3 is 12.0 Å². The molecular weight excluding hydrogens is 264 g/mol. The highest BCUT2D eigenvalue weighted by Crippen LogP contribution is 2.29. The van der Waals surface area contributed by atoms with Crippen LogP contribution in [0.1, 0.15) is 42.4 Å². The molecule has 5 nitrogen and oxygen atoms in total. The normalized spacial score (nSPS) is 10.1. The molecule has 0 aliphatic heterocycles. The Morgan fingerprint density at radius 1 is 1.32 bits per heavy atom. The van der Waals surface area contributed by atoms with Crippen LogP contribution in [0.3, 0.4) is 0 Å². The summed E-state index contributed by atoms with van der Waals surface area (Å²) in [6, 6.07) is 1.48. The van der Waals surface area contributed by atoms with Gasteiger partial charge in [-0.15, -0.1) is 11.3 Å². The van der Waals surface area contributed by atoms with Gasteiger partial charge in [0.05, 0.1) is 12.2 Å². The van der Waals surface area contributed by atoms with Crippen molar-refractivity contribution in [1.29, 1.82) is 0 Å². The summed E-state index contributed by atoms with van der Waals surface area (Å²) in [5.41, 5.74) is 0.426. The van der Waals surface area contributed by atoms with E-state index in [1.54, 1.807) is 13.0 Å². The third-order valence-electron chi connectivity index (χ3n) is 2.39. The molecule has 1 aromatic rings. The molecule has 0 aliphatic rings. The van der Waals surface area contributed by atoms with E-state index < -0.39 is 5.97 Å². The Labute approximate surface area is 117 Å². The van der Waals surface area contributed by atoms with Gasteiger partial charge in [0.25, 0.3) is 0 Å². The van der Waals surface area contributed by atoms with Crippen molar-refractivity contribution in [3.05, 3.63) is 16.5 Å². The van der Waals surface area contributed by atoms with E-state index in [0.29, 0.717) is 23.7 Å². The van der Waals surface area contributed by atoms with Gasteiger partial charge < -0.3 is 10.1 Å². The number of urea groups is 1. The summed E-state index contributed by atoms with van der Waals surface area (Å²) in [5.74, 6) is -0.399. The second kappa shape index (κ2) is 7.78. The number of rotatable bonds is 6. The first-order valence-electron chi connectivity index (χ1n) is 6.47. The van der Waals surface area contributed by atoms with E-state index in [-0.39, 0.29) is 6.03 Å². The van der Waals surface area contributed by atoms with Crippen molar-refractivity contribution < 1.29 is 14.3 Å². The summed E-state index contributed by atoms with van der Waals surface area (Å²) in [4.78, 5) is 24.5. The number of anilines is 1. The van der Waals surface area contributed by atoms with E-state index in [1.165, 1.54) is 11.3 Å². The third-order valence-corrected chi connectivity index (χ3v) is 3.58. The van der Waals surface area contributed by atoms with Crippen LogP contribution < -0.4 is 10.6 Å². The lowest BCUT2D eigenvalue weighted by Gasteiger charge is -2.06. The molecule has 0 unspecified atom stereocenters. The summed E-state index contributed by atoms with van der Waals surface area (Å²) in [6.07, 6.45) is 1.68. The van der Waals surface area contributed by atoms with Crippen LogP contribution in [0.2, 0.25) is 0 Å². The molecule has 2 amide bonds. The Balaban J connectivity index is 2.82. The number of amides is 2. The maximum atomic E-state index is 11.8. The topological polar surface area (TPSA) is 67.4 Å². The zero-order valence-electron chi connectivity index (χ0n) is 11.5. The van der Waals surface area contributed by atoms with Crippen molar-refractivity contribution in [2.75, 3.05) is 18.5 Å². The predicted molar refractivity (Wildman–Crippen MR) is 77.0 cm³/mol. The molecule has 1 rings (SSSR count). The molecule has 0 bridgehead atoms. The van der Waals surface area contributed by atoms with Crippen LogP contribution in [0, 0.1) is 0 Å². The van der Waals surface area contributed by atoms with Crippen molar-refractivity contribution >= 4 is 28.3 Å². The first-order valence-corrected chi connectivity index (χ1v) is 7.28. The molecule has 0 atom stereocenters. The van der Waals surface area contributed by atoms with E-state index >= 15 is 0 Å². The first kappa shape index (κ1) is 15.5. The number of esters is 1. The fourth-order valence-electron chi connectivity index (χ4n) is 1.46. The Morgan fingerprint density at radius 3 is 2.63 bits per heavy atom. The van der Waals surface area contributed by atoms with Crippen molar-refractivity contribution in [2.24, 2.45) is 0 Å². The molecule has 0 spiro atoms. The lowest BCUT2D eigenvalue weighted by atomic mass is 10.2.